The number of hydrogen-bond donors (Lipinski definition) is 1. The van der Waals surface area contributed by atoms with Crippen molar-refractivity contribution in [3.05, 3.63) is 58.8 Å². The number of carbonyl (C=O) groups is 1. The van der Waals surface area contributed by atoms with E-state index in [1.54, 1.807) is 17.5 Å². The maximum atomic E-state index is 12.6. The van der Waals surface area contributed by atoms with Gasteiger partial charge < -0.3 is 14.5 Å². The van der Waals surface area contributed by atoms with Crippen LogP contribution in [-0.2, 0) is 6.54 Å². The second kappa shape index (κ2) is 6.60. The largest absolute Gasteiger partial charge is 0.357 e. The molecular formula is C17H19N5OS. The lowest BCUT2D eigenvalue weighted by Gasteiger charge is -2.32. The Morgan fingerprint density at radius 3 is 3.17 bits per heavy atom. The van der Waals surface area contributed by atoms with Crippen LogP contribution >= 0.6 is 11.3 Å². The molecule has 6 nitrogen and oxygen atoms in total. The fraction of sp³-hybridized carbons (Fsp3) is 0.353. The van der Waals surface area contributed by atoms with Crippen LogP contribution in [0.5, 0.6) is 0 Å². The summed E-state index contributed by atoms with van der Waals surface area (Å²) < 4.78 is 2.16. The molecule has 1 atom stereocenters. The number of H-pyrrole nitrogens is 1. The lowest BCUT2D eigenvalue weighted by atomic mass is 9.96. The van der Waals surface area contributed by atoms with E-state index in [9.17, 15) is 4.79 Å². The Morgan fingerprint density at radius 1 is 1.42 bits per heavy atom. The third-order valence-electron chi connectivity index (χ3n) is 4.47. The number of aromatic amines is 1. The number of amides is 1. The highest BCUT2D eigenvalue weighted by Gasteiger charge is 2.28. The predicted octanol–water partition coefficient (Wildman–Crippen LogP) is 2.74. The van der Waals surface area contributed by atoms with Crippen LogP contribution in [0.15, 0.2) is 41.6 Å². The summed E-state index contributed by atoms with van der Waals surface area (Å²) in [5.74, 6) is 1.39. The number of likely N-dealkylation sites (tertiary alicyclic amines) is 1. The molecule has 0 aromatic carbocycles. The van der Waals surface area contributed by atoms with E-state index in [-0.39, 0.29) is 11.8 Å². The molecule has 1 saturated heterocycles. The summed E-state index contributed by atoms with van der Waals surface area (Å²) in [4.78, 5) is 26.4. The fourth-order valence-corrected chi connectivity index (χ4v) is 3.86. The van der Waals surface area contributed by atoms with Gasteiger partial charge in [-0.15, -0.1) is 11.3 Å². The minimum absolute atomic E-state index is 0.0716. The first-order valence-electron chi connectivity index (χ1n) is 8.12. The zero-order chi connectivity index (χ0) is 16.4. The van der Waals surface area contributed by atoms with Gasteiger partial charge in [0.25, 0.3) is 5.91 Å². The van der Waals surface area contributed by atoms with Gasteiger partial charge in [-0.1, -0.05) is 0 Å². The summed E-state index contributed by atoms with van der Waals surface area (Å²) in [6.45, 7) is 2.26. The van der Waals surface area contributed by atoms with Crippen molar-refractivity contribution in [2.75, 3.05) is 13.1 Å². The standard InChI is InChI=1S/C17H19N5OS/c23-17(15-4-1-5-18-15)22-7-2-3-13(9-22)16-19-6-8-21(16)10-14-11-24-12-20-14/h1,4-6,8,11-13,18H,2-3,7,9-10H2/t13-/m1/s1. The molecule has 1 amide bonds. The van der Waals surface area contributed by atoms with Crippen molar-refractivity contribution in [1.29, 1.82) is 0 Å². The lowest BCUT2D eigenvalue weighted by molar-refractivity contribution is 0.0698. The van der Waals surface area contributed by atoms with E-state index in [2.05, 4.69) is 24.9 Å². The van der Waals surface area contributed by atoms with Gasteiger partial charge in [-0.25, -0.2) is 9.97 Å². The first-order valence-corrected chi connectivity index (χ1v) is 9.06. The van der Waals surface area contributed by atoms with Crippen molar-refractivity contribution in [2.45, 2.75) is 25.3 Å². The fourth-order valence-electron chi connectivity index (χ4n) is 3.31. The van der Waals surface area contributed by atoms with Crippen molar-refractivity contribution in [3.63, 3.8) is 0 Å². The normalized spacial score (nSPS) is 18.0. The molecule has 3 aromatic heterocycles. The Bertz CT molecular complexity index is 793. The van der Waals surface area contributed by atoms with E-state index in [1.165, 1.54) is 0 Å². The molecule has 1 N–H and O–H groups in total. The average Bonchev–Trinajstić information content (AvgIpc) is 3.37. The highest BCUT2D eigenvalue weighted by Crippen LogP contribution is 2.27. The molecule has 24 heavy (non-hydrogen) atoms. The average molecular weight is 341 g/mol. The van der Waals surface area contributed by atoms with Gasteiger partial charge in [-0.2, -0.15) is 0 Å². The van der Waals surface area contributed by atoms with Crippen LogP contribution in [0.1, 0.15) is 40.8 Å². The zero-order valence-corrected chi connectivity index (χ0v) is 14.1. The van der Waals surface area contributed by atoms with E-state index in [1.807, 2.05) is 34.9 Å². The first-order chi connectivity index (χ1) is 11.8. The number of imidazole rings is 1. The Kier molecular flexibility index (Phi) is 4.17. The molecule has 3 aromatic rings. The number of aromatic nitrogens is 4. The van der Waals surface area contributed by atoms with Crippen molar-refractivity contribution in [3.8, 4) is 0 Å². The maximum Gasteiger partial charge on any atom is 0.270 e. The van der Waals surface area contributed by atoms with Crippen LogP contribution < -0.4 is 0 Å². The molecule has 0 saturated carbocycles. The Balaban J connectivity index is 1.50. The van der Waals surface area contributed by atoms with Gasteiger partial charge >= 0.3 is 0 Å². The van der Waals surface area contributed by atoms with E-state index in [4.69, 9.17) is 0 Å². The summed E-state index contributed by atoms with van der Waals surface area (Å²) in [5.41, 5.74) is 3.55. The van der Waals surface area contributed by atoms with Gasteiger partial charge in [-0.05, 0) is 25.0 Å². The van der Waals surface area contributed by atoms with Gasteiger partial charge in [0.15, 0.2) is 0 Å². The van der Waals surface area contributed by atoms with Crippen molar-refractivity contribution >= 4 is 17.2 Å². The van der Waals surface area contributed by atoms with Crippen LogP contribution in [-0.4, -0.2) is 43.4 Å². The van der Waals surface area contributed by atoms with Gasteiger partial charge in [-0.3, -0.25) is 4.79 Å². The first kappa shape index (κ1) is 15.1. The summed E-state index contributed by atoms with van der Waals surface area (Å²) in [7, 11) is 0. The number of carbonyl (C=O) groups excluding carboxylic acids is 1. The number of thiazole rings is 1. The summed E-state index contributed by atoms with van der Waals surface area (Å²) in [6.07, 6.45) is 7.69. The number of piperidine rings is 1. The number of nitrogens with one attached hydrogen (secondary N) is 1. The molecular weight excluding hydrogens is 322 g/mol. The van der Waals surface area contributed by atoms with Crippen LogP contribution in [0.4, 0.5) is 0 Å². The number of hydrogen-bond acceptors (Lipinski definition) is 4. The quantitative estimate of drug-likeness (QED) is 0.793. The molecule has 0 bridgehead atoms. The maximum absolute atomic E-state index is 12.6. The molecule has 0 radical (unpaired) electrons. The highest BCUT2D eigenvalue weighted by molar-refractivity contribution is 7.07. The number of nitrogens with zero attached hydrogens (tertiary/aromatic N) is 4. The SMILES string of the molecule is O=C(c1ccc[nH]1)N1CCC[C@@H](c2nccn2Cc2cscn2)C1. The van der Waals surface area contributed by atoms with Crippen LogP contribution in [0.25, 0.3) is 0 Å². The highest BCUT2D eigenvalue weighted by atomic mass is 32.1. The van der Waals surface area contributed by atoms with Crippen molar-refractivity contribution in [2.24, 2.45) is 0 Å². The second-order valence-electron chi connectivity index (χ2n) is 6.07. The third kappa shape index (κ3) is 2.99. The molecule has 0 unspecified atom stereocenters. The molecule has 1 aliphatic heterocycles. The molecule has 4 rings (SSSR count). The summed E-state index contributed by atoms with van der Waals surface area (Å²) >= 11 is 1.60. The molecule has 7 heteroatoms. The smallest absolute Gasteiger partial charge is 0.270 e. The molecule has 1 fully saturated rings. The van der Waals surface area contributed by atoms with Crippen LogP contribution in [0, 0.1) is 0 Å². The monoisotopic (exact) mass is 341 g/mol. The second-order valence-corrected chi connectivity index (χ2v) is 6.79. The lowest BCUT2D eigenvalue weighted by Crippen LogP contribution is -2.40. The molecule has 1 aliphatic rings. The molecule has 0 aliphatic carbocycles. The van der Waals surface area contributed by atoms with E-state index >= 15 is 0 Å². The van der Waals surface area contributed by atoms with Crippen molar-refractivity contribution in [1.82, 2.24) is 24.4 Å². The van der Waals surface area contributed by atoms with E-state index in [0.29, 0.717) is 12.2 Å². The van der Waals surface area contributed by atoms with E-state index in [0.717, 1.165) is 37.4 Å². The van der Waals surface area contributed by atoms with Crippen molar-refractivity contribution < 1.29 is 4.79 Å². The van der Waals surface area contributed by atoms with Crippen LogP contribution in [0.3, 0.4) is 0 Å². The Morgan fingerprint density at radius 2 is 2.38 bits per heavy atom. The van der Waals surface area contributed by atoms with Gasteiger partial charge in [0.1, 0.15) is 11.5 Å². The summed E-state index contributed by atoms with van der Waals surface area (Å²) in [5, 5.41) is 2.06. The Labute approximate surface area is 144 Å². The molecule has 4 heterocycles. The zero-order valence-electron chi connectivity index (χ0n) is 13.3. The minimum Gasteiger partial charge on any atom is -0.357 e. The van der Waals surface area contributed by atoms with E-state index < -0.39 is 0 Å². The predicted molar refractivity (Wildman–Crippen MR) is 92.1 cm³/mol. The number of rotatable bonds is 4. The third-order valence-corrected chi connectivity index (χ3v) is 5.10. The molecule has 124 valence electrons. The molecule has 0 spiro atoms. The van der Waals surface area contributed by atoms with Gasteiger partial charge in [0, 0.05) is 43.0 Å². The Hall–Kier alpha value is -2.41. The van der Waals surface area contributed by atoms with Gasteiger partial charge in [0.2, 0.25) is 0 Å². The van der Waals surface area contributed by atoms with Crippen LogP contribution in [0.2, 0.25) is 0 Å². The topological polar surface area (TPSA) is 66.8 Å². The minimum atomic E-state index is 0.0716. The summed E-state index contributed by atoms with van der Waals surface area (Å²) in [6, 6.07) is 3.68. The van der Waals surface area contributed by atoms with Gasteiger partial charge in [0.05, 0.1) is 17.7 Å².